The maximum absolute atomic E-state index is 13.3. The zero-order chi connectivity index (χ0) is 14.5. The van der Waals surface area contributed by atoms with Gasteiger partial charge in [0.15, 0.2) is 11.6 Å². The molecule has 1 aliphatic rings. The molecule has 0 saturated carbocycles. The van der Waals surface area contributed by atoms with Crippen LogP contribution in [0.3, 0.4) is 0 Å². The number of likely N-dealkylation sites (tertiary alicyclic amines) is 1. The van der Waals surface area contributed by atoms with Gasteiger partial charge in [-0.25, -0.2) is 8.78 Å². The van der Waals surface area contributed by atoms with Crippen molar-refractivity contribution in [3.63, 3.8) is 0 Å². The van der Waals surface area contributed by atoms with Gasteiger partial charge in [-0.05, 0) is 36.5 Å². The lowest BCUT2D eigenvalue weighted by molar-refractivity contribution is -0.126. The van der Waals surface area contributed by atoms with E-state index in [1.807, 2.05) is 6.92 Å². The third kappa shape index (κ3) is 3.36. The molecule has 0 spiro atoms. The van der Waals surface area contributed by atoms with Crippen molar-refractivity contribution in [1.29, 1.82) is 0 Å². The van der Waals surface area contributed by atoms with Crippen LogP contribution in [0.25, 0.3) is 0 Å². The number of carbonyl (C=O) groups excluding carboxylic acids is 1. The molecule has 1 unspecified atom stereocenters. The summed E-state index contributed by atoms with van der Waals surface area (Å²) in [5, 5.41) is 0. The van der Waals surface area contributed by atoms with E-state index in [0.717, 1.165) is 24.5 Å². The SMILES string of the molecule is CCC#CC(=O)N1CCCC(c2ccc(F)c(F)c2)C1. The molecule has 106 valence electrons. The van der Waals surface area contributed by atoms with Crippen molar-refractivity contribution >= 4 is 5.91 Å². The highest BCUT2D eigenvalue weighted by atomic mass is 19.2. The summed E-state index contributed by atoms with van der Waals surface area (Å²) in [6.07, 6.45) is 2.37. The number of halogens is 2. The molecule has 1 atom stereocenters. The molecule has 0 bridgehead atoms. The van der Waals surface area contributed by atoms with Crippen molar-refractivity contribution in [2.75, 3.05) is 13.1 Å². The van der Waals surface area contributed by atoms with Gasteiger partial charge < -0.3 is 4.90 Å². The largest absolute Gasteiger partial charge is 0.331 e. The van der Waals surface area contributed by atoms with E-state index < -0.39 is 11.6 Å². The fourth-order valence-corrected chi connectivity index (χ4v) is 2.44. The standard InChI is InChI=1S/C16H17F2NO/c1-2-3-6-16(20)19-9-4-5-13(11-19)12-7-8-14(17)15(18)10-12/h7-8,10,13H,2,4-5,9,11H2,1H3. The predicted octanol–water partition coefficient (Wildman–Crippen LogP) is 3.08. The Morgan fingerprint density at radius 1 is 1.40 bits per heavy atom. The molecular formula is C16H17F2NO. The number of hydrogen-bond donors (Lipinski definition) is 0. The first kappa shape index (κ1) is 14.5. The number of piperidine rings is 1. The van der Waals surface area contributed by atoms with Crippen LogP contribution in [0.2, 0.25) is 0 Å². The molecule has 0 radical (unpaired) electrons. The minimum absolute atomic E-state index is 0.0474. The normalized spacial score (nSPS) is 18.4. The molecule has 20 heavy (non-hydrogen) atoms. The maximum atomic E-state index is 13.3. The number of carbonyl (C=O) groups is 1. The summed E-state index contributed by atoms with van der Waals surface area (Å²) in [4.78, 5) is 13.6. The third-order valence-corrected chi connectivity index (χ3v) is 3.50. The molecule has 2 rings (SSSR count). The lowest BCUT2D eigenvalue weighted by Gasteiger charge is -2.31. The van der Waals surface area contributed by atoms with Gasteiger partial charge >= 0.3 is 0 Å². The molecule has 0 aliphatic carbocycles. The van der Waals surface area contributed by atoms with Crippen LogP contribution in [-0.2, 0) is 4.79 Å². The first-order chi connectivity index (χ1) is 9.61. The van der Waals surface area contributed by atoms with Crippen LogP contribution in [0.4, 0.5) is 8.78 Å². The van der Waals surface area contributed by atoms with E-state index in [0.29, 0.717) is 19.5 Å². The predicted molar refractivity (Wildman–Crippen MR) is 73.0 cm³/mol. The van der Waals surface area contributed by atoms with Gasteiger partial charge in [0.05, 0.1) is 0 Å². The Hall–Kier alpha value is -1.89. The Labute approximate surface area is 117 Å². The molecule has 0 N–H and O–H groups in total. The number of amides is 1. The summed E-state index contributed by atoms with van der Waals surface area (Å²) in [7, 11) is 0. The van der Waals surface area contributed by atoms with Crippen LogP contribution >= 0.6 is 0 Å². The van der Waals surface area contributed by atoms with Crippen LogP contribution in [0, 0.1) is 23.5 Å². The summed E-state index contributed by atoms with van der Waals surface area (Å²) in [5.41, 5.74) is 0.741. The van der Waals surface area contributed by atoms with Crippen molar-refractivity contribution in [3.8, 4) is 11.8 Å². The molecule has 1 heterocycles. The van der Waals surface area contributed by atoms with Gasteiger partial charge in [-0.15, -0.1) is 0 Å². The van der Waals surface area contributed by atoms with Gasteiger partial charge in [-0.1, -0.05) is 18.9 Å². The van der Waals surface area contributed by atoms with Gasteiger partial charge in [-0.2, -0.15) is 0 Å². The summed E-state index contributed by atoms with van der Waals surface area (Å²) in [6.45, 7) is 3.08. The smallest absolute Gasteiger partial charge is 0.298 e. The van der Waals surface area contributed by atoms with E-state index in [2.05, 4.69) is 11.8 Å². The van der Waals surface area contributed by atoms with Crippen molar-refractivity contribution in [2.24, 2.45) is 0 Å². The summed E-state index contributed by atoms with van der Waals surface area (Å²) in [6, 6.07) is 3.96. The Kier molecular flexibility index (Phi) is 4.73. The number of hydrogen-bond acceptors (Lipinski definition) is 1. The zero-order valence-electron chi connectivity index (χ0n) is 11.5. The second-order valence-electron chi connectivity index (χ2n) is 4.92. The highest BCUT2D eigenvalue weighted by Gasteiger charge is 2.24. The second-order valence-corrected chi connectivity index (χ2v) is 4.92. The zero-order valence-corrected chi connectivity index (χ0v) is 11.5. The van der Waals surface area contributed by atoms with Gasteiger partial charge in [0.1, 0.15) is 0 Å². The van der Waals surface area contributed by atoms with Gasteiger partial charge in [-0.3, -0.25) is 4.79 Å². The molecule has 1 saturated heterocycles. The summed E-state index contributed by atoms with van der Waals surface area (Å²) in [5.74, 6) is 3.55. The lowest BCUT2D eigenvalue weighted by Crippen LogP contribution is -2.38. The molecule has 4 heteroatoms. The Morgan fingerprint density at radius 3 is 2.90 bits per heavy atom. The Morgan fingerprint density at radius 2 is 2.20 bits per heavy atom. The van der Waals surface area contributed by atoms with Crippen LogP contribution < -0.4 is 0 Å². The van der Waals surface area contributed by atoms with Crippen molar-refractivity contribution in [3.05, 3.63) is 35.4 Å². The van der Waals surface area contributed by atoms with Crippen molar-refractivity contribution in [1.82, 2.24) is 4.90 Å². The van der Waals surface area contributed by atoms with Crippen LogP contribution in [0.1, 0.15) is 37.7 Å². The number of nitrogens with zero attached hydrogens (tertiary/aromatic N) is 1. The van der Waals surface area contributed by atoms with E-state index in [1.54, 1.807) is 11.0 Å². The first-order valence-corrected chi connectivity index (χ1v) is 6.84. The van der Waals surface area contributed by atoms with Crippen LogP contribution in [-0.4, -0.2) is 23.9 Å². The van der Waals surface area contributed by atoms with Crippen LogP contribution in [0.5, 0.6) is 0 Å². The van der Waals surface area contributed by atoms with E-state index in [9.17, 15) is 13.6 Å². The molecule has 1 fully saturated rings. The Balaban J connectivity index is 2.10. The molecular weight excluding hydrogens is 260 g/mol. The minimum atomic E-state index is -0.841. The molecule has 1 amide bonds. The van der Waals surface area contributed by atoms with Crippen LogP contribution in [0.15, 0.2) is 18.2 Å². The molecule has 1 aliphatic heterocycles. The third-order valence-electron chi connectivity index (χ3n) is 3.50. The fraction of sp³-hybridized carbons (Fsp3) is 0.438. The van der Waals surface area contributed by atoms with E-state index in [1.165, 1.54) is 6.07 Å². The van der Waals surface area contributed by atoms with Crippen molar-refractivity contribution in [2.45, 2.75) is 32.1 Å². The van der Waals surface area contributed by atoms with Gasteiger partial charge in [0.2, 0.25) is 0 Å². The highest BCUT2D eigenvalue weighted by Crippen LogP contribution is 2.27. The summed E-state index contributed by atoms with van der Waals surface area (Å²) >= 11 is 0. The van der Waals surface area contributed by atoms with E-state index in [-0.39, 0.29) is 11.8 Å². The highest BCUT2D eigenvalue weighted by molar-refractivity contribution is 5.93. The molecule has 2 nitrogen and oxygen atoms in total. The van der Waals surface area contributed by atoms with Gasteiger partial charge in [0.25, 0.3) is 5.91 Å². The molecule has 1 aromatic carbocycles. The number of benzene rings is 1. The lowest BCUT2D eigenvalue weighted by atomic mass is 9.90. The second kappa shape index (κ2) is 6.51. The average molecular weight is 277 g/mol. The van der Waals surface area contributed by atoms with Crippen molar-refractivity contribution < 1.29 is 13.6 Å². The average Bonchev–Trinajstić information content (AvgIpc) is 2.47. The summed E-state index contributed by atoms with van der Waals surface area (Å²) < 4.78 is 26.2. The monoisotopic (exact) mass is 277 g/mol. The topological polar surface area (TPSA) is 20.3 Å². The fourth-order valence-electron chi connectivity index (χ4n) is 2.44. The van der Waals surface area contributed by atoms with Gasteiger partial charge in [0, 0.05) is 25.4 Å². The van der Waals surface area contributed by atoms with E-state index >= 15 is 0 Å². The molecule has 1 aromatic rings. The maximum Gasteiger partial charge on any atom is 0.298 e. The number of rotatable bonds is 1. The first-order valence-electron chi connectivity index (χ1n) is 6.84. The molecule has 0 aromatic heterocycles. The Bertz CT molecular complexity index is 559. The quantitative estimate of drug-likeness (QED) is 0.722. The minimum Gasteiger partial charge on any atom is -0.331 e. The van der Waals surface area contributed by atoms with E-state index in [4.69, 9.17) is 0 Å².